The van der Waals surface area contributed by atoms with Gasteiger partial charge in [-0.25, -0.2) is 4.79 Å². The van der Waals surface area contributed by atoms with Crippen LogP contribution >= 0.6 is 11.6 Å². The van der Waals surface area contributed by atoms with Crippen LogP contribution in [0.15, 0.2) is 18.2 Å². The molecule has 0 unspecified atom stereocenters. The number of nitro benzene ring substituents is 1. The van der Waals surface area contributed by atoms with E-state index in [0.717, 1.165) is 12.1 Å². The van der Waals surface area contributed by atoms with Crippen molar-refractivity contribution in [3.05, 3.63) is 38.9 Å². The minimum atomic E-state index is -1.14. The largest absolute Gasteiger partial charge is 0.480 e. The maximum Gasteiger partial charge on any atom is 0.326 e. The zero-order valence-corrected chi connectivity index (χ0v) is 12.3. The SMILES string of the molecule is CC(C)C[C@H](NC(=O)c1ccc([N+](=O)[O-])cc1Cl)C(=O)O. The molecular weight excluding hydrogens is 300 g/mol. The Morgan fingerprint density at radius 2 is 2.05 bits per heavy atom. The molecule has 0 saturated heterocycles. The summed E-state index contributed by atoms with van der Waals surface area (Å²) in [5.74, 6) is -1.74. The van der Waals surface area contributed by atoms with Crippen LogP contribution in [0.5, 0.6) is 0 Å². The standard InChI is InChI=1S/C13H15ClN2O5/c1-7(2)5-11(13(18)19)15-12(17)9-4-3-8(16(20)21)6-10(9)14/h3-4,6-7,11H,5H2,1-2H3,(H,15,17)(H,18,19)/t11-/m0/s1. The number of nitrogens with zero attached hydrogens (tertiary/aromatic N) is 1. The fraction of sp³-hybridized carbons (Fsp3) is 0.385. The molecule has 0 saturated carbocycles. The number of hydrogen-bond acceptors (Lipinski definition) is 4. The molecule has 21 heavy (non-hydrogen) atoms. The second-order valence-electron chi connectivity index (χ2n) is 4.92. The summed E-state index contributed by atoms with van der Waals surface area (Å²) in [6.45, 7) is 3.67. The summed E-state index contributed by atoms with van der Waals surface area (Å²) in [6.07, 6.45) is 0.270. The van der Waals surface area contributed by atoms with Crippen molar-refractivity contribution >= 4 is 29.2 Å². The van der Waals surface area contributed by atoms with Crippen LogP contribution in [-0.2, 0) is 4.79 Å². The van der Waals surface area contributed by atoms with Crippen molar-refractivity contribution < 1.29 is 19.6 Å². The molecular formula is C13H15ClN2O5. The van der Waals surface area contributed by atoms with Gasteiger partial charge >= 0.3 is 5.97 Å². The predicted octanol–water partition coefficient (Wildman–Crippen LogP) is 2.48. The number of benzene rings is 1. The van der Waals surface area contributed by atoms with E-state index in [1.54, 1.807) is 0 Å². The number of carboxylic acids is 1. The van der Waals surface area contributed by atoms with Gasteiger partial charge in [0.25, 0.3) is 11.6 Å². The first-order valence-electron chi connectivity index (χ1n) is 6.20. The monoisotopic (exact) mass is 314 g/mol. The molecule has 0 aromatic heterocycles. The highest BCUT2D eigenvalue weighted by Crippen LogP contribution is 2.22. The van der Waals surface area contributed by atoms with E-state index in [4.69, 9.17) is 16.7 Å². The van der Waals surface area contributed by atoms with Crippen LogP contribution in [0.3, 0.4) is 0 Å². The first-order chi connectivity index (χ1) is 9.72. The summed E-state index contributed by atoms with van der Waals surface area (Å²) < 4.78 is 0. The summed E-state index contributed by atoms with van der Waals surface area (Å²) >= 11 is 5.82. The quantitative estimate of drug-likeness (QED) is 0.619. The van der Waals surface area contributed by atoms with Crippen molar-refractivity contribution in [2.24, 2.45) is 5.92 Å². The third kappa shape index (κ3) is 4.71. The van der Waals surface area contributed by atoms with Gasteiger partial charge in [-0.1, -0.05) is 25.4 Å². The Hall–Kier alpha value is -2.15. The molecule has 0 aliphatic rings. The Bertz CT molecular complexity index is 574. The molecule has 0 fully saturated rings. The van der Waals surface area contributed by atoms with Gasteiger partial charge < -0.3 is 10.4 Å². The Morgan fingerprint density at radius 3 is 2.48 bits per heavy atom. The number of rotatable bonds is 6. The molecule has 114 valence electrons. The van der Waals surface area contributed by atoms with E-state index < -0.39 is 22.8 Å². The number of carbonyl (C=O) groups excluding carboxylic acids is 1. The van der Waals surface area contributed by atoms with Gasteiger partial charge in [0.05, 0.1) is 15.5 Å². The van der Waals surface area contributed by atoms with Gasteiger partial charge in [0, 0.05) is 12.1 Å². The van der Waals surface area contributed by atoms with Crippen molar-refractivity contribution in [1.29, 1.82) is 0 Å². The Morgan fingerprint density at radius 1 is 1.43 bits per heavy atom. The zero-order valence-electron chi connectivity index (χ0n) is 11.5. The van der Waals surface area contributed by atoms with Gasteiger partial charge in [-0.3, -0.25) is 14.9 Å². The molecule has 1 amide bonds. The lowest BCUT2D eigenvalue weighted by Gasteiger charge is -2.16. The molecule has 0 heterocycles. The van der Waals surface area contributed by atoms with Crippen LogP contribution in [-0.4, -0.2) is 27.9 Å². The number of nitrogens with one attached hydrogen (secondary N) is 1. The summed E-state index contributed by atoms with van der Waals surface area (Å²) in [7, 11) is 0. The predicted molar refractivity (Wildman–Crippen MR) is 76.5 cm³/mol. The first-order valence-corrected chi connectivity index (χ1v) is 6.57. The fourth-order valence-electron chi connectivity index (χ4n) is 1.73. The number of nitro groups is 1. The molecule has 1 aromatic rings. The number of carboxylic acid groups (broad SMARTS) is 1. The Labute approximate surface area is 126 Å². The second-order valence-corrected chi connectivity index (χ2v) is 5.32. The molecule has 1 aromatic carbocycles. The average molecular weight is 315 g/mol. The maximum atomic E-state index is 12.0. The number of non-ortho nitro benzene ring substituents is 1. The lowest BCUT2D eigenvalue weighted by atomic mass is 10.0. The van der Waals surface area contributed by atoms with Gasteiger partial charge in [-0.05, 0) is 18.4 Å². The number of amides is 1. The summed E-state index contributed by atoms with van der Waals surface area (Å²) in [6, 6.07) is 2.35. The van der Waals surface area contributed by atoms with Gasteiger partial charge in [-0.2, -0.15) is 0 Å². The highest BCUT2D eigenvalue weighted by atomic mass is 35.5. The van der Waals surface area contributed by atoms with Gasteiger partial charge in [0.2, 0.25) is 0 Å². The molecule has 7 nitrogen and oxygen atoms in total. The van der Waals surface area contributed by atoms with Crippen molar-refractivity contribution in [3.8, 4) is 0 Å². The first kappa shape index (κ1) is 16.9. The minimum Gasteiger partial charge on any atom is -0.480 e. The highest BCUT2D eigenvalue weighted by Gasteiger charge is 2.23. The van der Waals surface area contributed by atoms with Crippen LogP contribution in [0.4, 0.5) is 5.69 Å². The molecule has 0 spiro atoms. The lowest BCUT2D eigenvalue weighted by molar-refractivity contribution is -0.384. The van der Waals surface area contributed by atoms with E-state index in [1.165, 1.54) is 6.07 Å². The second kappa shape index (κ2) is 7.03. The minimum absolute atomic E-state index is 0.00253. The molecule has 1 rings (SSSR count). The van der Waals surface area contributed by atoms with Crippen LogP contribution in [0, 0.1) is 16.0 Å². The van der Waals surface area contributed by atoms with Crippen LogP contribution in [0.25, 0.3) is 0 Å². The molecule has 2 N–H and O–H groups in total. The van der Waals surface area contributed by atoms with Crippen molar-refractivity contribution in [2.75, 3.05) is 0 Å². The zero-order chi connectivity index (χ0) is 16.2. The molecule has 0 radical (unpaired) electrons. The third-order valence-corrected chi connectivity index (χ3v) is 3.03. The van der Waals surface area contributed by atoms with Crippen LogP contribution < -0.4 is 5.32 Å². The van der Waals surface area contributed by atoms with E-state index in [9.17, 15) is 19.7 Å². The van der Waals surface area contributed by atoms with E-state index in [2.05, 4.69) is 5.32 Å². The average Bonchev–Trinajstić information content (AvgIpc) is 2.36. The summed E-state index contributed by atoms with van der Waals surface area (Å²) in [4.78, 5) is 33.1. The van der Waals surface area contributed by atoms with Gasteiger partial charge in [0.1, 0.15) is 6.04 Å². The summed E-state index contributed by atoms with van der Waals surface area (Å²) in [5, 5.41) is 21.9. The number of carbonyl (C=O) groups is 2. The Kier molecular flexibility index (Phi) is 5.66. The third-order valence-electron chi connectivity index (χ3n) is 2.72. The molecule has 0 aliphatic heterocycles. The van der Waals surface area contributed by atoms with E-state index in [-0.39, 0.29) is 28.6 Å². The topological polar surface area (TPSA) is 110 Å². The molecule has 1 atom stereocenters. The number of aliphatic carboxylic acids is 1. The Balaban J connectivity index is 2.92. The van der Waals surface area contributed by atoms with Crippen molar-refractivity contribution in [2.45, 2.75) is 26.3 Å². The van der Waals surface area contributed by atoms with Crippen LogP contribution in [0.1, 0.15) is 30.6 Å². The molecule has 0 bridgehead atoms. The highest BCUT2D eigenvalue weighted by molar-refractivity contribution is 6.34. The smallest absolute Gasteiger partial charge is 0.326 e. The van der Waals surface area contributed by atoms with Crippen molar-refractivity contribution in [3.63, 3.8) is 0 Å². The van der Waals surface area contributed by atoms with Gasteiger partial charge in [-0.15, -0.1) is 0 Å². The van der Waals surface area contributed by atoms with Crippen molar-refractivity contribution in [1.82, 2.24) is 5.32 Å². The molecule has 0 aliphatic carbocycles. The van der Waals surface area contributed by atoms with E-state index in [0.29, 0.717) is 0 Å². The molecule has 8 heteroatoms. The number of hydrogen-bond donors (Lipinski definition) is 2. The van der Waals surface area contributed by atoms with E-state index >= 15 is 0 Å². The lowest BCUT2D eigenvalue weighted by Crippen LogP contribution is -2.41. The van der Waals surface area contributed by atoms with E-state index in [1.807, 2.05) is 13.8 Å². The number of halogens is 1. The fourth-order valence-corrected chi connectivity index (χ4v) is 1.99. The van der Waals surface area contributed by atoms with Crippen LogP contribution in [0.2, 0.25) is 5.02 Å². The van der Waals surface area contributed by atoms with Gasteiger partial charge in [0.15, 0.2) is 0 Å². The normalized spacial score (nSPS) is 12.0. The maximum absolute atomic E-state index is 12.0. The summed E-state index contributed by atoms with van der Waals surface area (Å²) in [5.41, 5.74) is -0.245.